The SMILES string of the molecule is CCNC(=NCc1cccc(OC)c1)NCCNC(=O)c1scnc1C.I. The number of carbonyl (C=O) groups excluding carboxylic acids is 1. The number of halogens is 1. The van der Waals surface area contributed by atoms with E-state index in [1.54, 1.807) is 12.6 Å². The Bertz CT molecular complexity index is 751. The molecule has 0 atom stereocenters. The Balaban J connectivity index is 0.00000364. The van der Waals surface area contributed by atoms with E-state index in [0.29, 0.717) is 30.5 Å². The van der Waals surface area contributed by atoms with Crippen LogP contribution in [0.5, 0.6) is 5.75 Å². The van der Waals surface area contributed by atoms with Gasteiger partial charge in [-0.05, 0) is 31.5 Å². The molecule has 3 N–H and O–H groups in total. The highest BCUT2D eigenvalue weighted by molar-refractivity contribution is 14.0. The van der Waals surface area contributed by atoms with E-state index in [9.17, 15) is 4.79 Å². The third-order valence-corrected chi connectivity index (χ3v) is 4.48. The number of benzene rings is 1. The van der Waals surface area contributed by atoms with Gasteiger partial charge in [-0.3, -0.25) is 4.79 Å². The fourth-order valence-corrected chi connectivity index (χ4v) is 2.96. The number of nitrogens with zero attached hydrogens (tertiary/aromatic N) is 2. The average Bonchev–Trinajstić information content (AvgIpc) is 3.09. The van der Waals surface area contributed by atoms with Gasteiger partial charge in [-0.15, -0.1) is 35.3 Å². The van der Waals surface area contributed by atoms with E-state index < -0.39 is 0 Å². The molecule has 0 fully saturated rings. The molecule has 7 nitrogen and oxygen atoms in total. The summed E-state index contributed by atoms with van der Waals surface area (Å²) in [4.78, 5) is 21.3. The molecule has 1 aromatic carbocycles. The van der Waals surface area contributed by atoms with E-state index in [1.165, 1.54) is 11.3 Å². The Labute approximate surface area is 181 Å². The van der Waals surface area contributed by atoms with Gasteiger partial charge in [0.1, 0.15) is 10.6 Å². The standard InChI is InChI=1S/C18H25N5O2S.HI/c1-4-19-18(22-11-14-6-5-7-15(10-14)25-3)21-9-8-20-17(24)16-13(2)23-12-26-16;/h5-7,10,12H,4,8-9,11H2,1-3H3,(H,20,24)(H2,19,21,22);1H. The van der Waals surface area contributed by atoms with Crippen LogP contribution in [-0.2, 0) is 6.54 Å². The van der Waals surface area contributed by atoms with Gasteiger partial charge < -0.3 is 20.7 Å². The van der Waals surface area contributed by atoms with Crippen molar-refractivity contribution in [2.75, 3.05) is 26.7 Å². The van der Waals surface area contributed by atoms with Gasteiger partial charge >= 0.3 is 0 Å². The van der Waals surface area contributed by atoms with Crippen LogP contribution in [0.2, 0.25) is 0 Å². The van der Waals surface area contributed by atoms with Gasteiger partial charge in [0.05, 0.1) is 24.9 Å². The predicted molar refractivity (Wildman–Crippen MR) is 120 cm³/mol. The summed E-state index contributed by atoms with van der Waals surface area (Å²) in [5.74, 6) is 1.43. The van der Waals surface area contributed by atoms with Crippen molar-refractivity contribution in [3.8, 4) is 5.75 Å². The second-order valence-corrected chi connectivity index (χ2v) is 6.35. The van der Waals surface area contributed by atoms with E-state index in [0.717, 1.165) is 23.6 Å². The highest BCUT2D eigenvalue weighted by Gasteiger charge is 2.10. The number of aromatic nitrogens is 1. The number of methoxy groups -OCH3 is 1. The molecule has 0 bridgehead atoms. The van der Waals surface area contributed by atoms with Crippen LogP contribution < -0.4 is 20.7 Å². The topological polar surface area (TPSA) is 87.6 Å². The zero-order valence-corrected chi connectivity index (χ0v) is 18.9. The maximum absolute atomic E-state index is 12.0. The molecule has 1 amide bonds. The minimum atomic E-state index is -0.0925. The molecule has 0 aliphatic heterocycles. The summed E-state index contributed by atoms with van der Waals surface area (Å²) in [5, 5.41) is 9.29. The van der Waals surface area contributed by atoms with Crippen LogP contribution in [0.15, 0.2) is 34.8 Å². The number of guanidine groups is 1. The number of amides is 1. The summed E-state index contributed by atoms with van der Waals surface area (Å²) in [5.41, 5.74) is 3.50. The molecule has 0 aliphatic rings. The first kappa shape index (κ1) is 23.2. The number of thiazole rings is 1. The summed E-state index contributed by atoms with van der Waals surface area (Å²) < 4.78 is 5.23. The minimum absolute atomic E-state index is 0. The van der Waals surface area contributed by atoms with Gasteiger partial charge in [0, 0.05) is 19.6 Å². The van der Waals surface area contributed by atoms with Gasteiger partial charge in [0.2, 0.25) is 0 Å². The molecule has 2 rings (SSSR count). The molecule has 0 unspecified atom stereocenters. The average molecular weight is 503 g/mol. The Hall–Kier alpha value is -1.88. The number of aliphatic imine (C=N–C) groups is 1. The van der Waals surface area contributed by atoms with Crippen molar-refractivity contribution >= 4 is 47.2 Å². The summed E-state index contributed by atoms with van der Waals surface area (Å²) >= 11 is 1.35. The number of rotatable bonds is 8. The maximum Gasteiger partial charge on any atom is 0.263 e. The summed E-state index contributed by atoms with van der Waals surface area (Å²) in [6, 6.07) is 7.82. The van der Waals surface area contributed by atoms with Crippen molar-refractivity contribution < 1.29 is 9.53 Å². The molecule has 1 heterocycles. The van der Waals surface area contributed by atoms with Crippen LogP contribution in [-0.4, -0.2) is 43.6 Å². The zero-order chi connectivity index (χ0) is 18.8. The Kier molecular flexibility index (Phi) is 10.7. The molecule has 1 aromatic heterocycles. The first-order valence-electron chi connectivity index (χ1n) is 8.47. The Morgan fingerprint density at radius 1 is 1.26 bits per heavy atom. The lowest BCUT2D eigenvalue weighted by Gasteiger charge is -2.12. The van der Waals surface area contributed by atoms with E-state index in [-0.39, 0.29) is 29.9 Å². The molecule has 0 radical (unpaired) electrons. The third-order valence-electron chi connectivity index (χ3n) is 3.55. The Morgan fingerprint density at radius 2 is 2.04 bits per heavy atom. The lowest BCUT2D eigenvalue weighted by atomic mass is 10.2. The van der Waals surface area contributed by atoms with Crippen molar-refractivity contribution in [3.05, 3.63) is 45.9 Å². The molecule has 0 aliphatic carbocycles. The van der Waals surface area contributed by atoms with Crippen molar-refractivity contribution in [1.82, 2.24) is 20.9 Å². The zero-order valence-electron chi connectivity index (χ0n) is 15.7. The van der Waals surface area contributed by atoms with E-state index in [2.05, 4.69) is 25.9 Å². The van der Waals surface area contributed by atoms with Crippen molar-refractivity contribution in [1.29, 1.82) is 0 Å². The lowest BCUT2D eigenvalue weighted by molar-refractivity contribution is 0.0957. The first-order chi connectivity index (χ1) is 12.6. The molecule has 148 valence electrons. The number of nitrogens with one attached hydrogen (secondary N) is 3. The second-order valence-electron chi connectivity index (χ2n) is 5.50. The molecule has 0 saturated carbocycles. The smallest absolute Gasteiger partial charge is 0.263 e. The molecular weight excluding hydrogens is 477 g/mol. The number of hydrogen-bond acceptors (Lipinski definition) is 5. The fourth-order valence-electron chi connectivity index (χ4n) is 2.24. The molecular formula is C18H26IN5O2S. The van der Waals surface area contributed by atoms with Crippen molar-refractivity contribution in [2.24, 2.45) is 4.99 Å². The van der Waals surface area contributed by atoms with Crippen LogP contribution >= 0.6 is 35.3 Å². The maximum atomic E-state index is 12.0. The molecule has 0 spiro atoms. The van der Waals surface area contributed by atoms with Gasteiger partial charge in [-0.1, -0.05) is 12.1 Å². The number of ether oxygens (including phenoxy) is 1. The number of carbonyl (C=O) groups is 1. The van der Waals surface area contributed by atoms with Crippen LogP contribution in [0.3, 0.4) is 0 Å². The van der Waals surface area contributed by atoms with Gasteiger partial charge in [0.15, 0.2) is 5.96 Å². The lowest BCUT2D eigenvalue weighted by Crippen LogP contribution is -2.41. The van der Waals surface area contributed by atoms with Gasteiger partial charge in [-0.25, -0.2) is 9.98 Å². The quantitative estimate of drug-likeness (QED) is 0.223. The fraction of sp³-hybridized carbons (Fsp3) is 0.389. The molecule has 2 aromatic rings. The van der Waals surface area contributed by atoms with Crippen molar-refractivity contribution in [2.45, 2.75) is 20.4 Å². The monoisotopic (exact) mass is 503 g/mol. The highest BCUT2D eigenvalue weighted by Crippen LogP contribution is 2.13. The minimum Gasteiger partial charge on any atom is -0.497 e. The van der Waals surface area contributed by atoms with Crippen LogP contribution in [0.1, 0.15) is 27.9 Å². The van der Waals surface area contributed by atoms with Crippen molar-refractivity contribution in [3.63, 3.8) is 0 Å². The summed E-state index contributed by atoms with van der Waals surface area (Å²) in [6.07, 6.45) is 0. The number of aryl methyl sites for hydroxylation is 1. The van der Waals surface area contributed by atoms with E-state index >= 15 is 0 Å². The largest absolute Gasteiger partial charge is 0.497 e. The highest BCUT2D eigenvalue weighted by atomic mass is 127. The molecule has 0 saturated heterocycles. The second kappa shape index (κ2) is 12.5. The van der Waals surface area contributed by atoms with Gasteiger partial charge in [0.25, 0.3) is 5.91 Å². The molecule has 9 heteroatoms. The Morgan fingerprint density at radius 3 is 2.70 bits per heavy atom. The van der Waals surface area contributed by atoms with Crippen LogP contribution in [0.4, 0.5) is 0 Å². The molecule has 27 heavy (non-hydrogen) atoms. The van der Waals surface area contributed by atoms with E-state index in [4.69, 9.17) is 4.74 Å². The number of hydrogen-bond donors (Lipinski definition) is 3. The first-order valence-corrected chi connectivity index (χ1v) is 9.35. The predicted octanol–water partition coefficient (Wildman–Crippen LogP) is 2.56. The summed E-state index contributed by atoms with van der Waals surface area (Å²) in [6.45, 7) is 6.22. The normalized spacial score (nSPS) is 10.7. The van der Waals surface area contributed by atoms with Gasteiger partial charge in [-0.2, -0.15) is 0 Å². The third kappa shape index (κ3) is 7.71. The summed E-state index contributed by atoms with van der Waals surface area (Å²) in [7, 11) is 1.65. The van der Waals surface area contributed by atoms with E-state index in [1.807, 2.05) is 38.1 Å². The van der Waals surface area contributed by atoms with Crippen LogP contribution in [0.25, 0.3) is 0 Å². The van der Waals surface area contributed by atoms with Crippen LogP contribution in [0, 0.1) is 6.92 Å².